The molecule has 0 radical (unpaired) electrons. The van der Waals surface area contributed by atoms with Crippen LogP contribution in [-0.4, -0.2) is 19.5 Å². The Morgan fingerprint density at radius 2 is 0.750 bits per heavy atom. The molecule has 14 aromatic rings. The van der Waals surface area contributed by atoms with Gasteiger partial charge < -0.3 is 8.98 Å². The summed E-state index contributed by atoms with van der Waals surface area (Å²) in [6.07, 6.45) is 0. The highest BCUT2D eigenvalue weighted by Gasteiger charge is 2.20. The van der Waals surface area contributed by atoms with E-state index in [1.165, 1.54) is 65.3 Å². The van der Waals surface area contributed by atoms with E-state index < -0.39 is 0 Å². The van der Waals surface area contributed by atoms with Crippen LogP contribution >= 0.6 is 0 Å². The summed E-state index contributed by atoms with van der Waals surface area (Å²) in [5, 5.41) is 11.9. The Bertz CT molecular complexity index is 4250. The molecule has 0 atom stereocenters. The molecule has 11 aromatic carbocycles. The number of aromatic nitrogens is 4. The van der Waals surface area contributed by atoms with Crippen LogP contribution in [-0.2, 0) is 0 Å². The second-order valence-electron chi connectivity index (χ2n) is 17.5. The predicted octanol–water partition coefficient (Wildman–Crippen LogP) is 16.7. The molecule has 3 heterocycles. The van der Waals surface area contributed by atoms with Gasteiger partial charge in [-0.1, -0.05) is 170 Å². The first-order valence-electron chi connectivity index (χ1n) is 23.0. The molecule has 0 unspecified atom stereocenters. The van der Waals surface area contributed by atoms with Crippen molar-refractivity contribution in [1.29, 1.82) is 0 Å². The number of nitrogens with zero attached hydrogens (tertiary/aromatic N) is 4. The average molecular weight is 867 g/mol. The van der Waals surface area contributed by atoms with Crippen molar-refractivity contribution in [1.82, 2.24) is 19.5 Å². The quantitative estimate of drug-likeness (QED) is 0.156. The molecule has 0 aliphatic rings. The van der Waals surface area contributed by atoms with Crippen molar-refractivity contribution in [2.45, 2.75) is 0 Å². The van der Waals surface area contributed by atoms with Gasteiger partial charge in [0.05, 0.1) is 11.0 Å². The lowest BCUT2D eigenvalue weighted by Crippen LogP contribution is -2.00. The lowest BCUT2D eigenvalue weighted by Gasteiger charge is -2.14. The standard InChI is InChI=1S/C63H38N4O/c1-4-15-39(16-5-1)61-64-62(40-17-6-2-7-18-40)66-63(65-61)51-24-14-26-59-60(51)55-38-44(30-34-58(55)68-59)42-28-32-49-52(35-42)47-22-11-10-21-46(47)48-31-27-41(36-53(48)49)43-29-33-57-54(37-43)50-23-12-13-25-56(50)67(57)45-19-8-3-9-20-45/h1-38H. The summed E-state index contributed by atoms with van der Waals surface area (Å²) in [5.74, 6) is 1.84. The van der Waals surface area contributed by atoms with Gasteiger partial charge in [0.2, 0.25) is 0 Å². The molecular weight excluding hydrogens is 829 g/mol. The second kappa shape index (κ2) is 15.2. The highest BCUT2D eigenvalue weighted by Crippen LogP contribution is 2.43. The molecule has 0 bridgehead atoms. The van der Waals surface area contributed by atoms with Crippen LogP contribution in [0.4, 0.5) is 0 Å². The second-order valence-corrected chi connectivity index (χ2v) is 17.5. The number of para-hydroxylation sites is 2. The van der Waals surface area contributed by atoms with Gasteiger partial charge >= 0.3 is 0 Å². The van der Waals surface area contributed by atoms with Crippen LogP contribution in [0.2, 0.25) is 0 Å². The molecule has 316 valence electrons. The van der Waals surface area contributed by atoms with E-state index in [0.717, 1.165) is 55.4 Å². The fraction of sp³-hybridized carbons (Fsp3) is 0. The minimum absolute atomic E-state index is 0.596. The zero-order valence-electron chi connectivity index (χ0n) is 36.6. The summed E-state index contributed by atoms with van der Waals surface area (Å²) >= 11 is 0. The van der Waals surface area contributed by atoms with Crippen molar-refractivity contribution in [2.24, 2.45) is 0 Å². The molecular formula is C63H38N4O. The first-order chi connectivity index (χ1) is 33.7. The Morgan fingerprint density at radius 3 is 1.41 bits per heavy atom. The highest BCUT2D eigenvalue weighted by atomic mass is 16.3. The van der Waals surface area contributed by atoms with E-state index in [2.05, 4.69) is 162 Å². The number of hydrogen-bond donors (Lipinski definition) is 0. The number of rotatable bonds is 6. The minimum Gasteiger partial charge on any atom is -0.456 e. The summed E-state index contributed by atoms with van der Waals surface area (Å²) in [6, 6.07) is 81.9. The Labute approximate surface area is 390 Å². The molecule has 0 fully saturated rings. The van der Waals surface area contributed by atoms with Crippen molar-refractivity contribution < 1.29 is 4.42 Å². The Morgan fingerprint density at radius 1 is 0.279 bits per heavy atom. The number of fused-ring (bicyclic) bond motifs is 12. The topological polar surface area (TPSA) is 56.7 Å². The summed E-state index contributed by atoms with van der Waals surface area (Å²) in [6.45, 7) is 0. The summed E-state index contributed by atoms with van der Waals surface area (Å²) in [4.78, 5) is 15.2. The molecule has 3 aromatic heterocycles. The van der Waals surface area contributed by atoms with Gasteiger partial charge in [-0.25, -0.2) is 15.0 Å². The van der Waals surface area contributed by atoms with Crippen LogP contribution in [0.5, 0.6) is 0 Å². The van der Waals surface area contributed by atoms with Crippen LogP contribution in [0.1, 0.15) is 0 Å². The summed E-state index contributed by atoms with van der Waals surface area (Å²) < 4.78 is 8.92. The molecule has 68 heavy (non-hydrogen) atoms. The first-order valence-corrected chi connectivity index (χ1v) is 23.0. The molecule has 5 heteroatoms. The normalized spacial score (nSPS) is 11.8. The van der Waals surface area contributed by atoms with E-state index in [4.69, 9.17) is 19.4 Å². The van der Waals surface area contributed by atoms with E-state index in [1.54, 1.807) is 0 Å². The van der Waals surface area contributed by atoms with Gasteiger partial charge in [-0.3, -0.25) is 0 Å². The van der Waals surface area contributed by atoms with Gasteiger partial charge in [-0.15, -0.1) is 0 Å². The molecule has 0 saturated heterocycles. The number of hydrogen-bond acceptors (Lipinski definition) is 4. The van der Waals surface area contributed by atoms with Crippen molar-refractivity contribution in [3.8, 4) is 62.1 Å². The van der Waals surface area contributed by atoms with E-state index in [0.29, 0.717) is 17.5 Å². The van der Waals surface area contributed by atoms with Crippen molar-refractivity contribution >= 4 is 76.1 Å². The summed E-state index contributed by atoms with van der Waals surface area (Å²) in [5.41, 5.74) is 12.5. The van der Waals surface area contributed by atoms with Gasteiger partial charge in [0.25, 0.3) is 0 Å². The van der Waals surface area contributed by atoms with Crippen molar-refractivity contribution in [3.05, 3.63) is 231 Å². The number of furan rings is 1. The Balaban J connectivity index is 0.915. The minimum atomic E-state index is 0.596. The first kappa shape index (κ1) is 38.1. The van der Waals surface area contributed by atoms with E-state index in [9.17, 15) is 0 Å². The maximum atomic E-state index is 6.55. The lowest BCUT2D eigenvalue weighted by atomic mass is 9.90. The van der Waals surface area contributed by atoms with E-state index in [1.807, 2.05) is 72.8 Å². The van der Waals surface area contributed by atoms with Crippen molar-refractivity contribution in [2.75, 3.05) is 0 Å². The monoisotopic (exact) mass is 866 g/mol. The van der Waals surface area contributed by atoms with E-state index in [-0.39, 0.29) is 0 Å². The summed E-state index contributed by atoms with van der Waals surface area (Å²) in [7, 11) is 0. The van der Waals surface area contributed by atoms with Gasteiger partial charge in [0, 0.05) is 43.9 Å². The van der Waals surface area contributed by atoms with Crippen LogP contribution in [0.3, 0.4) is 0 Å². The Hall–Kier alpha value is -9.19. The lowest BCUT2D eigenvalue weighted by molar-refractivity contribution is 0.669. The Kier molecular flexibility index (Phi) is 8.52. The maximum Gasteiger partial charge on any atom is 0.164 e. The van der Waals surface area contributed by atoms with Gasteiger partial charge in [0.15, 0.2) is 17.5 Å². The predicted molar refractivity (Wildman–Crippen MR) is 281 cm³/mol. The molecule has 0 amide bonds. The highest BCUT2D eigenvalue weighted by molar-refractivity contribution is 6.26. The molecule has 0 spiro atoms. The SMILES string of the molecule is c1ccc(-c2nc(-c3ccccc3)nc(-c3cccc4oc5ccc(-c6ccc7c(c6)c6ccccc6c6ccc(-c8ccc9c(c8)c8ccccc8n9-c8ccccc8)cc67)cc5c34)n2)cc1. The molecule has 0 aliphatic heterocycles. The van der Waals surface area contributed by atoms with Crippen LogP contribution < -0.4 is 0 Å². The fourth-order valence-electron chi connectivity index (χ4n) is 10.4. The van der Waals surface area contributed by atoms with E-state index >= 15 is 0 Å². The third-order valence-corrected chi connectivity index (χ3v) is 13.6. The largest absolute Gasteiger partial charge is 0.456 e. The van der Waals surface area contributed by atoms with Gasteiger partial charge in [0.1, 0.15) is 11.2 Å². The molecule has 0 aliphatic carbocycles. The molecule has 5 nitrogen and oxygen atoms in total. The fourth-order valence-corrected chi connectivity index (χ4v) is 10.4. The average Bonchev–Trinajstić information content (AvgIpc) is 3.96. The molecule has 0 N–H and O–H groups in total. The van der Waals surface area contributed by atoms with Crippen LogP contribution in [0, 0.1) is 0 Å². The molecule has 14 rings (SSSR count). The third-order valence-electron chi connectivity index (χ3n) is 13.6. The maximum absolute atomic E-state index is 6.55. The number of benzene rings is 11. The van der Waals surface area contributed by atoms with Gasteiger partial charge in [-0.2, -0.15) is 0 Å². The van der Waals surface area contributed by atoms with Crippen LogP contribution in [0.15, 0.2) is 235 Å². The molecule has 0 saturated carbocycles. The zero-order chi connectivity index (χ0) is 44.7. The van der Waals surface area contributed by atoms with Crippen molar-refractivity contribution in [3.63, 3.8) is 0 Å². The third kappa shape index (κ3) is 6.06. The smallest absolute Gasteiger partial charge is 0.164 e. The van der Waals surface area contributed by atoms with Gasteiger partial charge in [-0.05, 0) is 115 Å². The van der Waals surface area contributed by atoms with Crippen LogP contribution in [0.25, 0.3) is 138 Å². The zero-order valence-corrected chi connectivity index (χ0v) is 36.6.